The number of hydrogen-bond acceptors (Lipinski definition) is 10. The SMILES string of the molecule is CC(C)OCCOCCOCCOCCOCCOCCOCCOCCOCCOCc1ccccc1. The van der Waals surface area contributed by atoms with Gasteiger partial charge in [-0.2, -0.15) is 0 Å². The van der Waals surface area contributed by atoms with Crippen LogP contribution in [-0.4, -0.2) is 125 Å². The number of ether oxygens (including phenoxy) is 10. The lowest BCUT2D eigenvalue weighted by Gasteiger charge is -2.09. The molecule has 0 aromatic heterocycles. The third kappa shape index (κ3) is 26.4. The lowest BCUT2D eigenvalue weighted by molar-refractivity contribution is -0.0280. The van der Waals surface area contributed by atoms with Gasteiger partial charge in [0.1, 0.15) is 0 Å². The van der Waals surface area contributed by atoms with E-state index in [9.17, 15) is 0 Å². The van der Waals surface area contributed by atoms with Crippen molar-refractivity contribution in [3.63, 3.8) is 0 Å². The Morgan fingerprint density at radius 2 is 0.684 bits per heavy atom. The summed E-state index contributed by atoms with van der Waals surface area (Å²) in [6.45, 7) is 14.4. The molecule has 0 heterocycles. The molecule has 38 heavy (non-hydrogen) atoms. The third-order valence-electron chi connectivity index (χ3n) is 4.77. The van der Waals surface area contributed by atoms with Gasteiger partial charge in [0.25, 0.3) is 0 Å². The van der Waals surface area contributed by atoms with Crippen molar-refractivity contribution in [2.45, 2.75) is 26.6 Å². The standard InChI is InChI=1S/C28H50O10/c1-27(2)38-25-24-36-21-20-34-17-16-32-13-12-30-9-8-29-10-11-31-14-15-33-18-19-35-22-23-37-26-28-6-4-3-5-7-28/h3-7,27H,8-26H2,1-2H3. The molecule has 0 unspecified atom stereocenters. The van der Waals surface area contributed by atoms with E-state index in [-0.39, 0.29) is 6.10 Å². The molecule has 0 spiro atoms. The summed E-state index contributed by atoms with van der Waals surface area (Å²) in [6, 6.07) is 10.1. The first-order valence-electron chi connectivity index (χ1n) is 13.6. The fourth-order valence-corrected chi connectivity index (χ4v) is 2.87. The van der Waals surface area contributed by atoms with E-state index in [1.807, 2.05) is 44.2 Å². The molecule has 0 N–H and O–H groups in total. The van der Waals surface area contributed by atoms with Crippen molar-refractivity contribution in [3.05, 3.63) is 35.9 Å². The summed E-state index contributed by atoms with van der Waals surface area (Å²) < 4.78 is 54.6. The van der Waals surface area contributed by atoms with E-state index >= 15 is 0 Å². The van der Waals surface area contributed by atoms with Gasteiger partial charge in [-0.15, -0.1) is 0 Å². The van der Waals surface area contributed by atoms with Gasteiger partial charge in [0, 0.05) is 0 Å². The molecule has 0 atom stereocenters. The zero-order valence-electron chi connectivity index (χ0n) is 23.5. The van der Waals surface area contributed by atoms with Crippen molar-refractivity contribution in [3.8, 4) is 0 Å². The van der Waals surface area contributed by atoms with Crippen molar-refractivity contribution in [1.82, 2.24) is 0 Å². The van der Waals surface area contributed by atoms with Crippen LogP contribution in [0.15, 0.2) is 30.3 Å². The maximum absolute atomic E-state index is 5.56. The molecular weight excluding hydrogens is 496 g/mol. The molecule has 0 saturated heterocycles. The Balaban J connectivity index is 1.63. The minimum Gasteiger partial charge on any atom is -0.377 e. The normalized spacial score (nSPS) is 11.6. The highest BCUT2D eigenvalue weighted by atomic mass is 16.6. The molecule has 0 fully saturated rings. The van der Waals surface area contributed by atoms with Gasteiger partial charge in [-0.3, -0.25) is 0 Å². The van der Waals surface area contributed by atoms with E-state index in [0.717, 1.165) is 5.56 Å². The molecule has 0 bridgehead atoms. The van der Waals surface area contributed by atoms with E-state index in [0.29, 0.717) is 126 Å². The van der Waals surface area contributed by atoms with Gasteiger partial charge >= 0.3 is 0 Å². The molecule has 1 aromatic rings. The molecule has 0 saturated carbocycles. The predicted molar refractivity (Wildman–Crippen MR) is 144 cm³/mol. The van der Waals surface area contributed by atoms with Crippen LogP contribution < -0.4 is 0 Å². The molecule has 0 aliphatic rings. The summed E-state index contributed by atoms with van der Waals surface area (Å²) >= 11 is 0. The molecule has 0 radical (unpaired) electrons. The Kier molecular flexibility index (Phi) is 26.4. The molecule has 0 amide bonds. The van der Waals surface area contributed by atoms with E-state index < -0.39 is 0 Å². The van der Waals surface area contributed by atoms with Gasteiger partial charge in [0.2, 0.25) is 0 Å². The Bertz CT molecular complexity index is 576. The quantitative estimate of drug-likeness (QED) is 0.134. The molecular formula is C28H50O10. The minimum absolute atomic E-state index is 0.236. The molecule has 1 rings (SSSR count). The lowest BCUT2D eigenvalue weighted by Crippen LogP contribution is -2.15. The van der Waals surface area contributed by atoms with Gasteiger partial charge in [-0.1, -0.05) is 30.3 Å². The van der Waals surface area contributed by atoms with Gasteiger partial charge in [-0.25, -0.2) is 0 Å². The van der Waals surface area contributed by atoms with Gasteiger partial charge < -0.3 is 47.4 Å². The Labute approximate surface area is 229 Å². The highest BCUT2D eigenvalue weighted by molar-refractivity contribution is 5.13. The summed E-state index contributed by atoms with van der Waals surface area (Å²) in [5, 5.41) is 0. The fraction of sp³-hybridized carbons (Fsp3) is 0.786. The average molecular weight is 547 g/mol. The fourth-order valence-electron chi connectivity index (χ4n) is 2.87. The average Bonchev–Trinajstić information content (AvgIpc) is 2.92. The first-order chi connectivity index (χ1) is 18.8. The van der Waals surface area contributed by atoms with Crippen molar-refractivity contribution in [1.29, 1.82) is 0 Å². The van der Waals surface area contributed by atoms with Crippen molar-refractivity contribution < 1.29 is 47.4 Å². The minimum atomic E-state index is 0.236. The Morgan fingerprint density at radius 1 is 0.395 bits per heavy atom. The maximum Gasteiger partial charge on any atom is 0.0718 e. The second kappa shape index (κ2) is 28.8. The second-order valence-electron chi connectivity index (χ2n) is 8.36. The molecule has 0 aliphatic heterocycles. The third-order valence-corrected chi connectivity index (χ3v) is 4.77. The van der Waals surface area contributed by atoms with E-state index in [1.165, 1.54) is 0 Å². The lowest BCUT2D eigenvalue weighted by atomic mass is 10.2. The zero-order valence-corrected chi connectivity index (χ0v) is 23.5. The predicted octanol–water partition coefficient (Wildman–Crippen LogP) is 2.76. The highest BCUT2D eigenvalue weighted by Gasteiger charge is 1.97. The molecule has 222 valence electrons. The smallest absolute Gasteiger partial charge is 0.0718 e. The first-order valence-corrected chi connectivity index (χ1v) is 13.6. The Morgan fingerprint density at radius 3 is 1.00 bits per heavy atom. The van der Waals surface area contributed by atoms with Crippen LogP contribution in [0.2, 0.25) is 0 Å². The van der Waals surface area contributed by atoms with Crippen molar-refractivity contribution >= 4 is 0 Å². The summed E-state index contributed by atoms with van der Waals surface area (Å²) in [6.07, 6.45) is 0.236. The summed E-state index contributed by atoms with van der Waals surface area (Å²) in [4.78, 5) is 0. The molecule has 1 aromatic carbocycles. The monoisotopic (exact) mass is 546 g/mol. The van der Waals surface area contributed by atoms with Gasteiger partial charge in [0.05, 0.1) is 132 Å². The van der Waals surface area contributed by atoms with Crippen LogP contribution in [0.4, 0.5) is 0 Å². The van der Waals surface area contributed by atoms with Crippen LogP contribution in [0, 0.1) is 0 Å². The number of rotatable bonds is 30. The summed E-state index contributed by atoms with van der Waals surface area (Å²) in [5.74, 6) is 0. The van der Waals surface area contributed by atoms with Crippen LogP contribution in [0.5, 0.6) is 0 Å². The van der Waals surface area contributed by atoms with E-state index in [4.69, 9.17) is 47.4 Å². The van der Waals surface area contributed by atoms with Gasteiger partial charge in [0.15, 0.2) is 0 Å². The summed E-state index contributed by atoms with van der Waals surface area (Å²) in [7, 11) is 0. The topological polar surface area (TPSA) is 92.3 Å². The van der Waals surface area contributed by atoms with Crippen LogP contribution >= 0.6 is 0 Å². The van der Waals surface area contributed by atoms with E-state index in [2.05, 4.69) is 0 Å². The van der Waals surface area contributed by atoms with E-state index in [1.54, 1.807) is 0 Å². The maximum atomic E-state index is 5.56. The van der Waals surface area contributed by atoms with Crippen LogP contribution in [0.25, 0.3) is 0 Å². The molecule has 10 heteroatoms. The summed E-state index contributed by atoms with van der Waals surface area (Å²) in [5.41, 5.74) is 1.16. The number of hydrogen-bond donors (Lipinski definition) is 0. The Hall–Kier alpha value is -1.18. The van der Waals surface area contributed by atoms with Crippen molar-refractivity contribution in [2.75, 3.05) is 119 Å². The zero-order chi connectivity index (χ0) is 27.2. The number of benzene rings is 1. The largest absolute Gasteiger partial charge is 0.377 e. The molecule has 0 aliphatic carbocycles. The van der Waals surface area contributed by atoms with Crippen LogP contribution in [0.1, 0.15) is 19.4 Å². The van der Waals surface area contributed by atoms with Crippen LogP contribution in [0.3, 0.4) is 0 Å². The van der Waals surface area contributed by atoms with Gasteiger partial charge in [-0.05, 0) is 19.4 Å². The van der Waals surface area contributed by atoms with Crippen molar-refractivity contribution in [2.24, 2.45) is 0 Å². The highest BCUT2D eigenvalue weighted by Crippen LogP contribution is 2.00. The molecule has 10 nitrogen and oxygen atoms in total. The second-order valence-corrected chi connectivity index (χ2v) is 8.36. The van der Waals surface area contributed by atoms with Crippen LogP contribution in [-0.2, 0) is 54.0 Å². The first kappa shape index (κ1) is 34.8.